The topological polar surface area (TPSA) is 86.2 Å². The van der Waals surface area contributed by atoms with Gasteiger partial charge in [0.25, 0.3) is 0 Å². The summed E-state index contributed by atoms with van der Waals surface area (Å²) < 4.78 is 6.11. The molecule has 2 aromatic rings. The van der Waals surface area contributed by atoms with E-state index in [1.54, 1.807) is 13.3 Å². The van der Waals surface area contributed by atoms with Gasteiger partial charge in [-0.25, -0.2) is 4.98 Å². The largest absolute Gasteiger partial charge is 0.496 e. The normalized spacial score (nSPS) is 12.2. The van der Waals surface area contributed by atoms with Gasteiger partial charge in [0.2, 0.25) is 0 Å². The Morgan fingerprint density at radius 1 is 1.40 bits per heavy atom. The molecule has 0 saturated carbocycles. The average molecular weight is 337 g/mol. The molecule has 2 rings (SSSR count). The molecule has 0 aliphatic carbocycles. The van der Waals surface area contributed by atoms with E-state index in [4.69, 9.17) is 16.3 Å². The number of hydrogen-bond donors (Lipinski definition) is 3. The van der Waals surface area contributed by atoms with Crippen molar-refractivity contribution in [3.8, 4) is 5.75 Å². The van der Waals surface area contributed by atoms with Crippen molar-refractivity contribution < 1.29 is 4.74 Å². The second-order valence-corrected chi connectivity index (χ2v) is 5.22. The zero-order chi connectivity index (χ0) is 14.5. The molecular weight excluding hydrogens is 320 g/mol. The van der Waals surface area contributed by atoms with E-state index in [2.05, 4.69) is 26.3 Å². The molecule has 20 heavy (non-hydrogen) atoms. The van der Waals surface area contributed by atoms with Crippen LogP contribution in [-0.2, 0) is 6.42 Å². The first-order valence-electron chi connectivity index (χ1n) is 6.14. The highest BCUT2D eigenvalue weighted by Gasteiger charge is 2.14. The number of nitrogens with one attached hydrogen (secondary N) is 1. The van der Waals surface area contributed by atoms with Gasteiger partial charge in [-0.3, -0.25) is 11.3 Å². The van der Waals surface area contributed by atoms with Crippen LogP contribution in [0.4, 0.5) is 5.82 Å². The van der Waals surface area contributed by atoms with E-state index in [1.165, 1.54) is 0 Å². The zero-order valence-corrected chi connectivity index (χ0v) is 12.7. The van der Waals surface area contributed by atoms with Crippen LogP contribution in [0, 0.1) is 0 Å². The molecule has 0 spiro atoms. The van der Waals surface area contributed by atoms with Crippen LogP contribution in [0.15, 0.2) is 41.0 Å². The minimum atomic E-state index is -0.0521. The minimum absolute atomic E-state index is 0.0521. The first-order valence-corrected chi connectivity index (χ1v) is 6.94. The number of nitrogens with zero attached hydrogens (tertiary/aromatic N) is 1. The number of rotatable bonds is 5. The van der Waals surface area contributed by atoms with Gasteiger partial charge in [0, 0.05) is 6.20 Å². The maximum atomic E-state index is 5.87. The molecule has 6 heteroatoms. The first kappa shape index (κ1) is 14.8. The molecule has 1 aromatic heterocycles. The Morgan fingerprint density at radius 2 is 2.20 bits per heavy atom. The Balaban J connectivity index is 2.24. The number of pyridine rings is 1. The summed E-state index contributed by atoms with van der Waals surface area (Å²) in [6, 6.07) is 9.62. The molecule has 1 heterocycles. The SMILES string of the molecule is COc1ccc(C(Cc2cccnc2N)NN)cc1Br. The van der Waals surface area contributed by atoms with Crippen molar-refractivity contribution in [2.75, 3.05) is 12.8 Å². The molecule has 0 radical (unpaired) electrons. The molecule has 0 saturated heterocycles. The van der Waals surface area contributed by atoms with Crippen LogP contribution < -0.4 is 21.7 Å². The predicted molar refractivity (Wildman–Crippen MR) is 83.1 cm³/mol. The molecule has 0 aliphatic heterocycles. The van der Waals surface area contributed by atoms with E-state index in [1.807, 2.05) is 30.3 Å². The van der Waals surface area contributed by atoms with E-state index in [0.29, 0.717) is 12.2 Å². The number of ether oxygens (including phenoxy) is 1. The number of methoxy groups -OCH3 is 1. The molecular formula is C14H17BrN4O. The number of hydrazine groups is 1. The van der Waals surface area contributed by atoms with E-state index >= 15 is 0 Å². The molecule has 5 N–H and O–H groups in total. The summed E-state index contributed by atoms with van der Waals surface area (Å²) in [5, 5.41) is 0. The van der Waals surface area contributed by atoms with Gasteiger partial charge in [0.15, 0.2) is 0 Å². The molecule has 0 bridgehead atoms. The van der Waals surface area contributed by atoms with Gasteiger partial charge in [0.05, 0.1) is 17.6 Å². The molecule has 1 atom stereocenters. The lowest BCUT2D eigenvalue weighted by atomic mass is 10.00. The second-order valence-electron chi connectivity index (χ2n) is 4.37. The first-order chi connectivity index (χ1) is 9.65. The monoisotopic (exact) mass is 336 g/mol. The Labute approximate surface area is 126 Å². The highest BCUT2D eigenvalue weighted by molar-refractivity contribution is 9.10. The van der Waals surface area contributed by atoms with Crippen LogP contribution in [0.2, 0.25) is 0 Å². The summed E-state index contributed by atoms with van der Waals surface area (Å²) >= 11 is 3.47. The molecule has 0 fully saturated rings. The summed E-state index contributed by atoms with van der Waals surface area (Å²) in [5.74, 6) is 6.98. The average Bonchev–Trinajstić information content (AvgIpc) is 2.46. The van der Waals surface area contributed by atoms with Crippen LogP contribution in [0.25, 0.3) is 0 Å². The minimum Gasteiger partial charge on any atom is -0.496 e. The molecule has 106 valence electrons. The Morgan fingerprint density at radius 3 is 2.80 bits per heavy atom. The van der Waals surface area contributed by atoms with Crippen molar-refractivity contribution in [2.45, 2.75) is 12.5 Å². The summed E-state index contributed by atoms with van der Waals surface area (Å²) in [6.45, 7) is 0. The fraction of sp³-hybridized carbons (Fsp3) is 0.214. The van der Waals surface area contributed by atoms with Crippen molar-refractivity contribution >= 4 is 21.7 Å². The van der Waals surface area contributed by atoms with Crippen molar-refractivity contribution in [2.24, 2.45) is 5.84 Å². The summed E-state index contributed by atoms with van der Waals surface area (Å²) in [4.78, 5) is 4.09. The number of aromatic nitrogens is 1. The van der Waals surface area contributed by atoms with Crippen LogP contribution in [0.5, 0.6) is 5.75 Å². The molecule has 0 aliphatic rings. The standard InChI is InChI=1S/C14H17BrN4O/c1-20-13-5-4-9(7-11(13)15)12(19-17)8-10-3-2-6-18-14(10)16/h2-7,12,19H,8,17H2,1H3,(H2,16,18). The van der Waals surface area contributed by atoms with E-state index in [9.17, 15) is 0 Å². The number of benzene rings is 1. The summed E-state index contributed by atoms with van der Waals surface area (Å²) in [6.07, 6.45) is 2.34. The number of anilines is 1. The Bertz CT molecular complexity index is 591. The van der Waals surface area contributed by atoms with E-state index in [-0.39, 0.29) is 6.04 Å². The van der Waals surface area contributed by atoms with Gasteiger partial charge in [-0.2, -0.15) is 0 Å². The third-order valence-electron chi connectivity index (χ3n) is 3.13. The van der Waals surface area contributed by atoms with Gasteiger partial charge in [-0.1, -0.05) is 12.1 Å². The van der Waals surface area contributed by atoms with Crippen molar-refractivity contribution in [1.82, 2.24) is 10.4 Å². The van der Waals surface area contributed by atoms with E-state index in [0.717, 1.165) is 21.3 Å². The summed E-state index contributed by atoms with van der Waals surface area (Å²) in [7, 11) is 1.63. The quantitative estimate of drug-likeness (QED) is 0.575. The van der Waals surface area contributed by atoms with Crippen LogP contribution in [0.3, 0.4) is 0 Å². The lowest BCUT2D eigenvalue weighted by Gasteiger charge is -2.18. The highest BCUT2D eigenvalue weighted by atomic mass is 79.9. The van der Waals surface area contributed by atoms with Crippen molar-refractivity contribution in [3.05, 3.63) is 52.1 Å². The van der Waals surface area contributed by atoms with Gasteiger partial charge in [-0.15, -0.1) is 0 Å². The number of hydrogen-bond acceptors (Lipinski definition) is 5. The lowest BCUT2D eigenvalue weighted by molar-refractivity contribution is 0.411. The van der Waals surface area contributed by atoms with Crippen LogP contribution in [0.1, 0.15) is 17.2 Å². The van der Waals surface area contributed by atoms with Crippen molar-refractivity contribution in [3.63, 3.8) is 0 Å². The molecule has 5 nitrogen and oxygen atoms in total. The van der Waals surface area contributed by atoms with Crippen molar-refractivity contribution in [1.29, 1.82) is 0 Å². The number of nitrogens with two attached hydrogens (primary N) is 2. The smallest absolute Gasteiger partial charge is 0.133 e. The van der Waals surface area contributed by atoms with Gasteiger partial charge >= 0.3 is 0 Å². The van der Waals surface area contributed by atoms with E-state index < -0.39 is 0 Å². The maximum Gasteiger partial charge on any atom is 0.133 e. The molecule has 1 unspecified atom stereocenters. The van der Waals surface area contributed by atoms with Crippen LogP contribution >= 0.6 is 15.9 Å². The Hall–Kier alpha value is -1.63. The molecule has 1 aromatic carbocycles. The number of halogens is 1. The predicted octanol–water partition coefficient (Wildman–Crippen LogP) is 2.18. The highest BCUT2D eigenvalue weighted by Crippen LogP contribution is 2.29. The fourth-order valence-electron chi connectivity index (χ4n) is 2.02. The maximum absolute atomic E-state index is 5.87. The third kappa shape index (κ3) is 3.27. The van der Waals surface area contributed by atoms with Gasteiger partial charge < -0.3 is 10.5 Å². The lowest BCUT2D eigenvalue weighted by Crippen LogP contribution is -2.29. The Kier molecular flexibility index (Phi) is 4.94. The van der Waals surface area contributed by atoms with Gasteiger partial charge in [0.1, 0.15) is 11.6 Å². The second kappa shape index (κ2) is 6.69. The zero-order valence-electron chi connectivity index (χ0n) is 11.1. The van der Waals surface area contributed by atoms with Gasteiger partial charge in [-0.05, 0) is 51.7 Å². The summed E-state index contributed by atoms with van der Waals surface area (Å²) in [5.41, 5.74) is 10.7. The third-order valence-corrected chi connectivity index (χ3v) is 3.75. The molecule has 0 amide bonds. The fourth-order valence-corrected chi connectivity index (χ4v) is 2.57. The van der Waals surface area contributed by atoms with Crippen LogP contribution in [-0.4, -0.2) is 12.1 Å². The number of nitrogen functional groups attached to an aromatic ring is 1.